The van der Waals surface area contributed by atoms with Crippen LogP contribution in [-0.4, -0.2) is 16.0 Å². The maximum Gasteiger partial charge on any atom is 0.305 e. The van der Waals surface area contributed by atoms with Crippen molar-refractivity contribution in [1.82, 2.24) is 0 Å². The summed E-state index contributed by atoms with van der Waals surface area (Å²) < 4.78 is 13.0. The molecular weight excluding hydrogens is 229 g/mol. The fourth-order valence-corrected chi connectivity index (χ4v) is 1.17. The summed E-state index contributed by atoms with van der Waals surface area (Å²) in [4.78, 5) is 9.44. The van der Waals surface area contributed by atoms with Crippen LogP contribution in [0.5, 0.6) is 0 Å². The predicted molar refractivity (Wildman–Crippen MR) is 50.6 cm³/mol. The van der Waals surface area contributed by atoms with Crippen molar-refractivity contribution in [3.8, 4) is 0 Å². The number of benzene rings is 1. The number of nitro groups is 1. The van der Waals surface area contributed by atoms with Crippen LogP contribution in [0, 0.1) is 15.9 Å². The van der Waals surface area contributed by atoms with Gasteiger partial charge in [-0.15, -0.1) is 0 Å². The molecule has 0 radical (unpaired) electrons. The van der Waals surface area contributed by atoms with Crippen LogP contribution >= 0.6 is 11.6 Å². The van der Waals surface area contributed by atoms with E-state index in [1.165, 1.54) is 0 Å². The molecule has 80 valence electrons. The topological polar surface area (TPSA) is 102 Å². The minimum atomic E-state index is -1.08. The molecule has 0 saturated heterocycles. The Labute approximate surface area is 87.9 Å². The molecule has 6 nitrogen and oxygen atoms in total. The zero-order chi connectivity index (χ0) is 11.6. The van der Waals surface area contributed by atoms with Crippen LogP contribution in [0.4, 0.5) is 10.1 Å². The molecule has 1 rings (SSSR count). The third kappa shape index (κ3) is 2.13. The van der Waals surface area contributed by atoms with Gasteiger partial charge in [0.2, 0.25) is 5.82 Å². The summed E-state index contributed by atoms with van der Waals surface area (Å²) in [5, 5.41) is 21.2. The average Bonchev–Trinajstić information content (AvgIpc) is 2.16. The molecule has 3 N–H and O–H groups in total. The standard InChI is InChI=1S/C7H5ClFN3O3/c8-4-2-5(9)6(12(14)15)1-3(4)7(10)11-13/h1-2,13H,(H2,10,11). The van der Waals surface area contributed by atoms with E-state index >= 15 is 0 Å². The molecular formula is C7H5ClFN3O3. The van der Waals surface area contributed by atoms with E-state index in [1.807, 2.05) is 0 Å². The average molecular weight is 234 g/mol. The number of nitrogens with two attached hydrogens (primary N) is 1. The van der Waals surface area contributed by atoms with Crippen molar-refractivity contribution in [2.24, 2.45) is 10.9 Å². The minimum Gasteiger partial charge on any atom is -0.409 e. The van der Waals surface area contributed by atoms with Gasteiger partial charge < -0.3 is 10.9 Å². The van der Waals surface area contributed by atoms with Gasteiger partial charge >= 0.3 is 5.69 Å². The second-order valence-electron chi connectivity index (χ2n) is 2.53. The summed E-state index contributed by atoms with van der Waals surface area (Å²) in [7, 11) is 0. The molecule has 0 amide bonds. The minimum absolute atomic E-state index is 0.104. The van der Waals surface area contributed by atoms with Gasteiger partial charge in [0.1, 0.15) is 0 Å². The van der Waals surface area contributed by atoms with E-state index in [4.69, 9.17) is 22.5 Å². The zero-order valence-electron chi connectivity index (χ0n) is 7.15. The van der Waals surface area contributed by atoms with Crippen molar-refractivity contribution >= 4 is 23.1 Å². The monoisotopic (exact) mass is 233 g/mol. The molecule has 1 aromatic rings. The van der Waals surface area contributed by atoms with Crippen molar-refractivity contribution < 1.29 is 14.5 Å². The van der Waals surface area contributed by atoms with Crippen LogP contribution in [0.2, 0.25) is 5.02 Å². The Hall–Kier alpha value is -1.89. The van der Waals surface area contributed by atoms with Crippen molar-refractivity contribution in [3.05, 3.63) is 38.7 Å². The lowest BCUT2D eigenvalue weighted by Gasteiger charge is -2.02. The smallest absolute Gasteiger partial charge is 0.305 e. The van der Waals surface area contributed by atoms with E-state index in [-0.39, 0.29) is 10.6 Å². The number of rotatable bonds is 2. The van der Waals surface area contributed by atoms with Crippen molar-refractivity contribution in [3.63, 3.8) is 0 Å². The molecule has 0 aromatic heterocycles. The number of halogens is 2. The van der Waals surface area contributed by atoms with Gasteiger partial charge in [0, 0.05) is 17.7 Å². The lowest BCUT2D eigenvalue weighted by atomic mass is 10.2. The maximum absolute atomic E-state index is 13.0. The SMILES string of the molecule is NC(=NO)c1cc([N+](=O)[O-])c(F)cc1Cl. The van der Waals surface area contributed by atoms with Crippen LogP contribution in [-0.2, 0) is 0 Å². The van der Waals surface area contributed by atoms with Crippen LogP contribution in [0.1, 0.15) is 5.56 Å². The molecule has 0 heterocycles. The van der Waals surface area contributed by atoms with E-state index in [9.17, 15) is 14.5 Å². The Morgan fingerprint density at radius 3 is 2.73 bits per heavy atom. The number of hydrogen-bond acceptors (Lipinski definition) is 4. The number of amidine groups is 1. The molecule has 0 aliphatic rings. The highest BCUT2D eigenvalue weighted by atomic mass is 35.5. The first kappa shape index (κ1) is 11.2. The molecule has 0 aliphatic heterocycles. The van der Waals surface area contributed by atoms with Gasteiger partial charge in [0.25, 0.3) is 0 Å². The lowest BCUT2D eigenvalue weighted by molar-refractivity contribution is -0.387. The molecule has 8 heteroatoms. The van der Waals surface area contributed by atoms with Crippen LogP contribution in [0.3, 0.4) is 0 Å². The fourth-order valence-electron chi connectivity index (χ4n) is 0.928. The van der Waals surface area contributed by atoms with Crippen LogP contribution < -0.4 is 5.73 Å². The molecule has 0 spiro atoms. The Morgan fingerprint density at radius 1 is 1.67 bits per heavy atom. The summed E-state index contributed by atoms with van der Waals surface area (Å²) in [6, 6.07) is 1.53. The van der Waals surface area contributed by atoms with Crippen molar-refractivity contribution in [2.45, 2.75) is 0 Å². The second-order valence-corrected chi connectivity index (χ2v) is 2.93. The fraction of sp³-hybridized carbons (Fsp3) is 0. The van der Waals surface area contributed by atoms with Crippen molar-refractivity contribution in [1.29, 1.82) is 0 Å². The maximum atomic E-state index is 13.0. The van der Waals surface area contributed by atoms with Gasteiger partial charge in [-0.05, 0) is 0 Å². The van der Waals surface area contributed by atoms with E-state index in [0.29, 0.717) is 0 Å². The summed E-state index contributed by atoms with van der Waals surface area (Å²) in [6.07, 6.45) is 0. The van der Waals surface area contributed by atoms with Gasteiger partial charge in [0.15, 0.2) is 5.84 Å². The molecule has 0 atom stereocenters. The third-order valence-corrected chi connectivity index (χ3v) is 1.93. The quantitative estimate of drug-likeness (QED) is 0.266. The van der Waals surface area contributed by atoms with Gasteiger partial charge in [0.05, 0.1) is 9.95 Å². The number of nitro benzene ring substituents is 1. The highest BCUT2D eigenvalue weighted by molar-refractivity contribution is 6.34. The van der Waals surface area contributed by atoms with Gasteiger partial charge in [-0.25, -0.2) is 0 Å². The van der Waals surface area contributed by atoms with Crippen LogP contribution in [0.25, 0.3) is 0 Å². The number of oxime groups is 1. The van der Waals surface area contributed by atoms with Gasteiger partial charge in [-0.1, -0.05) is 16.8 Å². The first-order valence-electron chi connectivity index (χ1n) is 3.58. The third-order valence-electron chi connectivity index (χ3n) is 1.62. The summed E-state index contributed by atoms with van der Waals surface area (Å²) in [6.45, 7) is 0. The van der Waals surface area contributed by atoms with Crippen molar-refractivity contribution in [2.75, 3.05) is 0 Å². The summed E-state index contributed by atoms with van der Waals surface area (Å²) in [5.41, 5.74) is 4.29. The van der Waals surface area contributed by atoms with E-state index in [0.717, 1.165) is 12.1 Å². The molecule has 0 aliphatic carbocycles. The molecule has 1 aromatic carbocycles. The Balaban J connectivity index is 3.43. The number of nitrogens with zero attached hydrogens (tertiary/aromatic N) is 2. The highest BCUT2D eigenvalue weighted by Crippen LogP contribution is 2.25. The Morgan fingerprint density at radius 2 is 2.27 bits per heavy atom. The largest absolute Gasteiger partial charge is 0.409 e. The molecule has 15 heavy (non-hydrogen) atoms. The lowest BCUT2D eigenvalue weighted by Crippen LogP contribution is -2.14. The van der Waals surface area contributed by atoms with E-state index in [1.54, 1.807) is 0 Å². The molecule has 0 unspecified atom stereocenters. The first-order chi connectivity index (χ1) is 6.97. The molecule has 0 fully saturated rings. The summed E-state index contributed by atoms with van der Waals surface area (Å²) in [5.74, 6) is -1.51. The number of hydrogen-bond donors (Lipinski definition) is 2. The zero-order valence-corrected chi connectivity index (χ0v) is 7.90. The van der Waals surface area contributed by atoms with Gasteiger partial charge in [-0.3, -0.25) is 10.1 Å². The predicted octanol–water partition coefficient (Wildman–Crippen LogP) is 1.48. The Bertz CT molecular complexity index is 449. The van der Waals surface area contributed by atoms with E-state index in [2.05, 4.69) is 5.16 Å². The molecule has 0 bridgehead atoms. The first-order valence-corrected chi connectivity index (χ1v) is 3.96. The summed E-state index contributed by atoms with van der Waals surface area (Å²) >= 11 is 5.55. The van der Waals surface area contributed by atoms with Crippen LogP contribution in [0.15, 0.2) is 17.3 Å². The highest BCUT2D eigenvalue weighted by Gasteiger charge is 2.19. The van der Waals surface area contributed by atoms with E-state index < -0.39 is 22.3 Å². The Kier molecular flexibility index (Phi) is 3.05. The normalized spacial score (nSPS) is 11.5. The van der Waals surface area contributed by atoms with Gasteiger partial charge in [-0.2, -0.15) is 4.39 Å². The second kappa shape index (κ2) is 4.09. The molecule has 0 saturated carbocycles.